The topological polar surface area (TPSA) is 164 Å². The second-order valence-electron chi connectivity index (χ2n) is 15.8. The van der Waals surface area contributed by atoms with E-state index in [0.717, 1.165) is 85.7 Å². The van der Waals surface area contributed by atoms with Crippen molar-refractivity contribution in [1.82, 2.24) is 34.1 Å². The summed E-state index contributed by atoms with van der Waals surface area (Å²) in [6.07, 6.45) is 8.98. The van der Waals surface area contributed by atoms with Gasteiger partial charge in [0.15, 0.2) is 0 Å². The van der Waals surface area contributed by atoms with Crippen molar-refractivity contribution >= 4 is 45.3 Å². The summed E-state index contributed by atoms with van der Waals surface area (Å²) >= 11 is 0. The van der Waals surface area contributed by atoms with Crippen LogP contribution in [0.5, 0.6) is 11.6 Å². The fourth-order valence-corrected chi connectivity index (χ4v) is 9.21. The number of hydrogen-bond acceptors (Lipinski definition) is 10. The van der Waals surface area contributed by atoms with E-state index in [1.54, 1.807) is 34.4 Å². The van der Waals surface area contributed by atoms with Crippen LogP contribution in [0.2, 0.25) is 0 Å². The molecule has 1 atom stereocenters. The summed E-state index contributed by atoms with van der Waals surface area (Å²) in [6, 6.07) is 14.6. The van der Waals surface area contributed by atoms with Crippen LogP contribution in [-0.4, -0.2) is 92.6 Å². The first kappa shape index (κ1) is 37.1. The number of imidazole rings is 1. The molecule has 1 unspecified atom stereocenters. The number of para-hydroxylation sites is 1. The molecule has 3 fully saturated rings. The van der Waals surface area contributed by atoms with Gasteiger partial charge in [-0.3, -0.25) is 33.5 Å². The van der Waals surface area contributed by atoms with Crippen LogP contribution in [0.3, 0.4) is 0 Å². The van der Waals surface area contributed by atoms with E-state index >= 15 is 0 Å². The fourth-order valence-electron chi connectivity index (χ4n) is 9.21. The van der Waals surface area contributed by atoms with Crippen molar-refractivity contribution in [1.29, 1.82) is 0 Å². The van der Waals surface area contributed by atoms with E-state index in [0.29, 0.717) is 68.0 Å². The number of carbonyl (C=O) groups excluding carboxylic acids is 3. The molecular weight excluding hydrogens is 729 g/mol. The number of nitrogens with one attached hydrogen (secondary N) is 2. The molecule has 0 spiro atoms. The summed E-state index contributed by atoms with van der Waals surface area (Å²) in [5.74, 6) is 0.794. The number of hydrogen-bond donors (Lipinski definition) is 2. The van der Waals surface area contributed by atoms with Crippen LogP contribution in [0.4, 0.5) is 5.69 Å². The number of fused-ring (bicyclic) bond motifs is 5. The molecule has 3 aliphatic heterocycles. The first-order valence-electron chi connectivity index (χ1n) is 20.2. The molecule has 1 aliphatic carbocycles. The maximum atomic E-state index is 13.5. The van der Waals surface area contributed by atoms with Gasteiger partial charge in [-0.1, -0.05) is 18.2 Å². The predicted molar refractivity (Wildman–Crippen MR) is 212 cm³/mol. The zero-order valence-electron chi connectivity index (χ0n) is 32.2. The summed E-state index contributed by atoms with van der Waals surface area (Å²) in [6.45, 7) is 4.47. The first-order chi connectivity index (χ1) is 27.8. The minimum Gasteiger partial charge on any atom is -0.489 e. The van der Waals surface area contributed by atoms with Crippen molar-refractivity contribution in [2.24, 2.45) is 13.0 Å². The van der Waals surface area contributed by atoms with E-state index in [4.69, 9.17) is 19.3 Å². The molecule has 3 amide bonds. The number of pyridine rings is 1. The van der Waals surface area contributed by atoms with Crippen molar-refractivity contribution in [3.05, 3.63) is 76.5 Å². The number of likely N-dealkylation sites (tertiary alicyclic amines) is 1. The zero-order chi connectivity index (χ0) is 39.0. The number of rotatable bonds is 5. The van der Waals surface area contributed by atoms with Crippen LogP contribution in [0.15, 0.2) is 59.5 Å². The van der Waals surface area contributed by atoms with E-state index in [-0.39, 0.29) is 29.6 Å². The summed E-state index contributed by atoms with van der Waals surface area (Å²) in [4.78, 5) is 58.2. The standard InChI is InChI=1S/C42H48N8O7/c1-47-39-30(4-2-6-34(39)50(42(47)54)35-12-13-37(51)45-41(35)53)27-14-16-48(17-15-27)24-26-8-10-29(11-9-26)49-25-28-22-33-36(23-32(28)46-49)56-20-18-55-19-21-57-38-7-3-5-31(43-38)40(52)44-33/h2-7,22-23,25-27,29,35H,8-21,24H2,1H3,(H,44,52)(H,45,51,53). The Morgan fingerprint density at radius 2 is 1.63 bits per heavy atom. The molecule has 4 aliphatic rings. The molecule has 298 valence electrons. The number of aryl methyl sites for hydroxylation is 1. The Morgan fingerprint density at radius 3 is 2.44 bits per heavy atom. The second kappa shape index (κ2) is 15.8. The molecule has 0 radical (unpaired) electrons. The van der Waals surface area contributed by atoms with Gasteiger partial charge in [0.05, 0.1) is 41.5 Å². The third kappa shape index (κ3) is 7.53. The van der Waals surface area contributed by atoms with E-state index in [9.17, 15) is 19.2 Å². The SMILES string of the molecule is Cn1c(=O)n(C2CCC(=O)NC2=O)c2cccc(C3CCN(CC4CCC(n5cc6cc7c(cc6n5)OCCOCCOc5cccc(n5)C(=O)N7)CC4)CC3)c21. The Kier molecular flexibility index (Phi) is 10.3. The Hall–Kier alpha value is -5.54. The van der Waals surface area contributed by atoms with Gasteiger partial charge in [-0.05, 0) is 93.6 Å². The number of nitrogens with zero attached hydrogens (tertiary/aromatic N) is 6. The molecule has 2 N–H and O–H groups in total. The lowest BCUT2D eigenvalue weighted by molar-refractivity contribution is -0.135. The summed E-state index contributed by atoms with van der Waals surface area (Å²) in [5, 5.41) is 11.3. The van der Waals surface area contributed by atoms with E-state index in [1.165, 1.54) is 0 Å². The molecule has 57 heavy (non-hydrogen) atoms. The number of carbonyl (C=O) groups is 3. The largest absolute Gasteiger partial charge is 0.489 e. The van der Waals surface area contributed by atoms with Gasteiger partial charge in [0.2, 0.25) is 17.7 Å². The quantitative estimate of drug-likeness (QED) is 0.239. The number of imide groups is 1. The number of aromatic nitrogens is 5. The van der Waals surface area contributed by atoms with Crippen molar-refractivity contribution in [3.63, 3.8) is 0 Å². The average molecular weight is 777 g/mol. The normalized spacial score (nSPS) is 23.0. The Morgan fingerprint density at radius 1 is 0.842 bits per heavy atom. The van der Waals surface area contributed by atoms with Gasteiger partial charge < -0.3 is 24.4 Å². The highest BCUT2D eigenvalue weighted by molar-refractivity contribution is 6.05. The first-order valence-corrected chi connectivity index (χ1v) is 20.2. The molecule has 2 saturated heterocycles. The molecule has 9 rings (SSSR count). The lowest BCUT2D eigenvalue weighted by Crippen LogP contribution is -2.44. The van der Waals surface area contributed by atoms with Gasteiger partial charge in [-0.2, -0.15) is 5.10 Å². The number of amides is 3. The minimum atomic E-state index is -0.685. The lowest BCUT2D eigenvalue weighted by Gasteiger charge is -2.37. The summed E-state index contributed by atoms with van der Waals surface area (Å²) in [5.41, 5.74) is 4.19. The van der Waals surface area contributed by atoms with Crippen LogP contribution < -0.4 is 25.8 Å². The average Bonchev–Trinajstić information content (AvgIpc) is 3.75. The molecule has 5 aromatic rings. The van der Waals surface area contributed by atoms with Gasteiger partial charge in [0.1, 0.15) is 30.7 Å². The Balaban J connectivity index is 0.826. The molecule has 2 bridgehead atoms. The molecular formula is C42H48N8O7. The monoisotopic (exact) mass is 776 g/mol. The number of piperidine rings is 2. The van der Waals surface area contributed by atoms with Crippen molar-refractivity contribution < 1.29 is 28.6 Å². The minimum absolute atomic E-state index is 0.224. The number of ether oxygens (including phenoxy) is 3. The lowest BCUT2D eigenvalue weighted by atomic mass is 9.84. The molecule has 15 nitrogen and oxygen atoms in total. The fraction of sp³-hybridized carbons (Fsp3) is 0.476. The van der Waals surface area contributed by atoms with E-state index in [1.807, 2.05) is 24.3 Å². The van der Waals surface area contributed by atoms with Crippen LogP contribution in [0.25, 0.3) is 21.9 Å². The van der Waals surface area contributed by atoms with E-state index in [2.05, 4.69) is 37.5 Å². The maximum Gasteiger partial charge on any atom is 0.329 e. The highest BCUT2D eigenvalue weighted by Crippen LogP contribution is 2.38. The molecule has 6 heterocycles. The summed E-state index contributed by atoms with van der Waals surface area (Å²) < 4.78 is 22.7. The van der Waals surface area contributed by atoms with Crippen molar-refractivity contribution in [3.8, 4) is 11.6 Å². The number of anilines is 1. The van der Waals surface area contributed by atoms with Crippen LogP contribution in [-0.2, 0) is 21.4 Å². The third-order valence-corrected chi connectivity index (χ3v) is 12.2. The van der Waals surface area contributed by atoms with Crippen molar-refractivity contribution in [2.45, 2.75) is 69.4 Å². The Labute approximate surface area is 329 Å². The van der Waals surface area contributed by atoms with Crippen molar-refractivity contribution in [2.75, 3.05) is 51.4 Å². The molecule has 15 heteroatoms. The Bertz CT molecular complexity index is 2380. The smallest absolute Gasteiger partial charge is 0.329 e. The van der Waals surface area contributed by atoms with E-state index < -0.39 is 11.9 Å². The molecule has 2 aromatic carbocycles. The highest BCUT2D eigenvalue weighted by Gasteiger charge is 2.33. The van der Waals surface area contributed by atoms with Crippen LogP contribution >= 0.6 is 0 Å². The molecule has 3 aromatic heterocycles. The predicted octanol–water partition coefficient (Wildman–Crippen LogP) is 4.71. The third-order valence-electron chi connectivity index (χ3n) is 12.2. The van der Waals surface area contributed by atoms with Gasteiger partial charge in [-0.25, -0.2) is 9.78 Å². The zero-order valence-corrected chi connectivity index (χ0v) is 32.2. The van der Waals surface area contributed by atoms with Gasteiger partial charge in [0.25, 0.3) is 5.91 Å². The maximum absolute atomic E-state index is 13.5. The highest BCUT2D eigenvalue weighted by atomic mass is 16.5. The van der Waals surface area contributed by atoms with Crippen LogP contribution in [0.1, 0.15) is 85.4 Å². The van der Waals surface area contributed by atoms with Gasteiger partial charge in [-0.15, -0.1) is 0 Å². The number of benzene rings is 2. The van der Waals surface area contributed by atoms with Crippen LogP contribution in [0, 0.1) is 5.92 Å². The summed E-state index contributed by atoms with van der Waals surface area (Å²) in [7, 11) is 1.78. The second-order valence-corrected chi connectivity index (χ2v) is 15.8. The molecule has 1 saturated carbocycles. The van der Waals surface area contributed by atoms with Gasteiger partial charge in [0, 0.05) is 43.7 Å². The van der Waals surface area contributed by atoms with Gasteiger partial charge >= 0.3 is 5.69 Å².